The zero-order valence-electron chi connectivity index (χ0n) is 30.7. The molecule has 2 fully saturated rings. The lowest BCUT2D eigenvalue weighted by atomic mass is 9.54. The summed E-state index contributed by atoms with van der Waals surface area (Å²) in [5.41, 5.74) is 10.1. The minimum Gasteiger partial charge on any atom is -0.490 e. The summed E-state index contributed by atoms with van der Waals surface area (Å²) < 4.78 is 14.4. The Kier molecular flexibility index (Phi) is 8.00. The highest BCUT2D eigenvalue weighted by Crippen LogP contribution is 2.59. The van der Waals surface area contributed by atoms with Gasteiger partial charge >= 0.3 is 0 Å². The SMILES string of the molecule is C1=CC2c3cccc(C4C=CC5C(C4)OC4=CCCC=C4C5C4C5CCC=CC5OC5CCC=C(C6=CCCC=C6)C54)c3N(c3ccccc3)C2C=C1. The Morgan fingerprint density at radius 3 is 2.43 bits per heavy atom. The van der Waals surface area contributed by atoms with Gasteiger partial charge in [0.2, 0.25) is 0 Å². The minimum absolute atomic E-state index is 0.143. The van der Waals surface area contributed by atoms with E-state index < -0.39 is 0 Å². The predicted octanol–water partition coefficient (Wildman–Crippen LogP) is 11.7. The molecule has 11 unspecified atom stereocenters. The van der Waals surface area contributed by atoms with Crippen LogP contribution in [0.3, 0.4) is 0 Å². The predicted molar refractivity (Wildman–Crippen MR) is 215 cm³/mol. The van der Waals surface area contributed by atoms with Crippen LogP contribution in [0.25, 0.3) is 0 Å². The number of fused-ring (bicyclic) bond motifs is 7. The summed E-state index contributed by atoms with van der Waals surface area (Å²) in [5.74, 6) is 4.02. The van der Waals surface area contributed by atoms with Crippen LogP contribution >= 0.6 is 0 Å². The Labute approximate surface area is 315 Å². The zero-order valence-corrected chi connectivity index (χ0v) is 30.7. The van der Waals surface area contributed by atoms with Crippen molar-refractivity contribution in [1.29, 1.82) is 0 Å². The molecule has 2 aromatic rings. The van der Waals surface area contributed by atoms with E-state index in [0.717, 1.165) is 51.4 Å². The van der Waals surface area contributed by atoms with E-state index >= 15 is 0 Å². The molecule has 268 valence electrons. The summed E-state index contributed by atoms with van der Waals surface area (Å²) in [6.45, 7) is 0. The van der Waals surface area contributed by atoms with E-state index in [9.17, 15) is 0 Å². The molecule has 0 radical (unpaired) electrons. The highest BCUT2D eigenvalue weighted by Gasteiger charge is 2.56. The fraction of sp³-hybridized carbons (Fsp3) is 0.400. The number of hydrogen-bond donors (Lipinski definition) is 0. The average Bonchev–Trinajstić information content (AvgIpc) is 3.57. The lowest BCUT2D eigenvalue weighted by molar-refractivity contribution is -0.146. The van der Waals surface area contributed by atoms with Crippen LogP contribution < -0.4 is 4.90 Å². The number of benzene rings is 2. The van der Waals surface area contributed by atoms with Crippen molar-refractivity contribution in [1.82, 2.24) is 0 Å². The first-order valence-corrected chi connectivity index (χ1v) is 20.8. The Morgan fingerprint density at radius 2 is 1.51 bits per heavy atom. The van der Waals surface area contributed by atoms with Gasteiger partial charge in [-0.25, -0.2) is 0 Å². The van der Waals surface area contributed by atoms with E-state index in [1.165, 1.54) is 45.8 Å². The third-order valence-electron chi connectivity index (χ3n) is 14.2. The summed E-state index contributed by atoms with van der Waals surface area (Å²) in [7, 11) is 0. The fourth-order valence-corrected chi connectivity index (χ4v) is 12.1. The zero-order chi connectivity index (χ0) is 34.9. The normalized spacial score (nSPS) is 37.4. The van der Waals surface area contributed by atoms with Crippen LogP contribution in [-0.4, -0.2) is 24.4 Å². The van der Waals surface area contributed by atoms with E-state index in [-0.39, 0.29) is 24.2 Å². The topological polar surface area (TPSA) is 21.7 Å². The molecule has 6 aliphatic carbocycles. The van der Waals surface area contributed by atoms with Crippen LogP contribution in [0, 0.1) is 29.6 Å². The van der Waals surface area contributed by atoms with Gasteiger partial charge in [0.15, 0.2) is 0 Å². The second-order valence-electron chi connectivity index (χ2n) is 16.9. The maximum Gasteiger partial charge on any atom is 0.118 e. The van der Waals surface area contributed by atoms with Crippen LogP contribution in [0.15, 0.2) is 156 Å². The van der Waals surface area contributed by atoms with Gasteiger partial charge in [-0.3, -0.25) is 0 Å². The molecule has 0 N–H and O–H groups in total. The van der Waals surface area contributed by atoms with E-state index in [1.807, 2.05) is 0 Å². The number of allylic oxidation sites excluding steroid dienone is 12. The van der Waals surface area contributed by atoms with Gasteiger partial charge in [0, 0.05) is 41.0 Å². The summed E-state index contributed by atoms with van der Waals surface area (Å²) in [6, 6.07) is 18.4. The molecule has 11 rings (SSSR count). The van der Waals surface area contributed by atoms with Crippen molar-refractivity contribution in [2.24, 2.45) is 29.6 Å². The van der Waals surface area contributed by atoms with Gasteiger partial charge in [0.05, 0.1) is 18.2 Å². The molecule has 0 spiro atoms. The van der Waals surface area contributed by atoms with Crippen molar-refractivity contribution in [2.45, 2.75) is 94.0 Å². The van der Waals surface area contributed by atoms with Crippen LogP contribution in [0.2, 0.25) is 0 Å². The molecular weight excluding hydrogens is 647 g/mol. The van der Waals surface area contributed by atoms with Gasteiger partial charge < -0.3 is 14.4 Å². The molecule has 2 saturated heterocycles. The van der Waals surface area contributed by atoms with Gasteiger partial charge in [-0.2, -0.15) is 0 Å². The van der Waals surface area contributed by atoms with Crippen LogP contribution in [0.5, 0.6) is 0 Å². The second-order valence-corrected chi connectivity index (χ2v) is 16.9. The molecule has 3 heterocycles. The number of hydrogen-bond acceptors (Lipinski definition) is 3. The molecule has 3 nitrogen and oxygen atoms in total. The largest absolute Gasteiger partial charge is 0.490 e. The fourth-order valence-electron chi connectivity index (χ4n) is 12.1. The van der Waals surface area contributed by atoms with Gasteiger partial charge in [-0.1, -0.05) is 115 Å². The van der Waals surface area contributed by atoms with Gasteiger partial charge in [-0.05, 0) is 116 Å². The van der Waals surface area contributed by atoms with Crippen LogP contribution in [0.4, 0.5) is 11.4 Å². The maximum absolute atomic E-state index is 7.23. The molecular formula is C50H51NO2. The molecule has 2 aromatic carbocycles. The third-order valence-corrected chi connectivity index (χ3v) is 14.2. The summed E-state index contributed by atoms with van der Waals surface area (Å²) in [4.78, 5) is 2.62. The summed E-state index contributed by atoms with van der Waals surface area (Å²) >= 11 is 0. The molecule has 3 aliphatic heterocycles. The number of ether oxygens (including phenoxy) is 2. The van der Waals surface area contributed by atoms with Crippen molar-refractivity contribution >= 4 is 11.4 Å². The van der Waals surface area contributed by atoms with E-state index in [0.29, 0.717) is 41.5 Å². The smallest absolute Gasteiger partial charge is 0.118 e. The van der Waals surface area contributed by atoms with Gasteiger partial charge in [-0.15, -0.1) is 0 Å². The lowest BCUT2D eigenvalue weighted by Crippen LogP contribution is -2.55. The van der Waals surface area contributed by atoms with Gasteiger partial charge in [0.25, 0.3) is 0 Å². The number of rotatable bonds is 4. The van der Waals surface area contributed by atoms with E-state index in [2.05, 4.69) is 138 Å². The van der Waals surface area contributed by atoms with Crippen molar-refractivity contribution in [2.75, 3.05) is 4.90 Å². The van der Waals surface area contributed by atoms with Crippen molar-refractivity contribution in [3.05, 3.63) is 167 Å². The molecule has 53 heavy (non-hydrogen) atoms. The average molecular weight is 698 g/mol. The monoisotopic (exact) mass is 697 g/mol. The molecule has 0 amide bonds. The molecule has 9 aliphatic rings. The highest BCUT2D eigenvalue weighted by atomic mass is 16.5. The van der Waals surface area contributed by atoms with E-state index in [4.69, 9.17) is 9.47 Å². The molecule has 3 heteroatoms. The van der Waals surface area contributed by atoms with Crippen LogP contribution in [0.1, 0.15) is 80.8 Å². The first-order chi connectivity index (χ1) is 26.3. The molecule has 11 atom stereocenters. The molecule has 0 saturated carbocycles. The van der Waals surface area contributed by atoms with Gasteiger partial charge in [0.1, 0.15) is 11.9 Å². The number of anilines is 2. The lowest BCUT2D eigenvalue weighted by Gasteiger charge is -2.57. The third kappa shape index (κ3) is 5.24. The Morgan fingerprint density at radius 1 is 0.642 bits per heavy atom. The Balaban J connectivity index is 1.02. The minimum atomic E-state index is 0.143. The summed E-state index contributed by atoms with van der Waals surface area (Å²) in [6.07, 6.45) is 45.0. The Bertz CT molecular complexity index is 2050. The van der Waals surface area contributed by atoms with Crippen molar-refractivity contribution in [3.8, 4) is 0 Å². The number of para-hydroxylation sites is 2. The van der Waals surface area contributed by atoms with E-state index in [1.54, 1.807) is 5.57 Å². The maximum atomic E-state index is 7.23. The highest BCUT2D eigenvalue weighted by molar-refractivity contribution is 5.78. The first-order valence-electron chi connectivity index (χ1n) is 20.8. The van der Waals surface area contributed by atoms with Crippen LogP contribution in [-0.2, 0) is 9.47 Å². The number of nitrogens with zero attached hydrogens (tertiary/aromatic N) is 1. The van der Waals surface area contributed by atoms with Crippen molar-refractivity contribution in [3.63, 3.8) is 0 Å². The standard InChI is InChI=1S/C50H51NO2/c1-3-15-32(16-4-1)35-22-14-28-45-48(35)49(40-21-9-12-27-44(40)52-45)47-39-20-8-11-26-43(39)53-46-31-33(29-30-41(46)47)36-23-13-24-38-37-19-7-10-25-42(37)51(50(36)38)34-17-5-2-6-18-34/h2-3,5-7,10,12-13,15-20,22-27,29-30,33,37,40-42,44-49H,1,4,8-9,11,14,21,28,31H2. The summed E-state index contributed by atoms with van der Waals surface area (Å²) in [5, 5.41) is 0. The first kappa shape index (κ1) is 32.1. The van der Waals surface area contributed by atoms with Crippen molar-refractivity contribution < 1.29 is 9.47 Å². The molecule has 0 aromatic heterocycles. The second kappa shape index (κ2) is 13.2. The quantitative estimate of drug-likeness (QED) is 0.297. The molecule has 0 bridgehead atoms. The Hall–Kier alpha value is -4.34.